The predicted octanol–water partition coefficient (Wildman–Crippen LogP) is 2.84. The number of aromatic nitrogens is 3. The number of nitrogens with one attached hydrogen (secondary N) is 1. The molecule has 104 valence electrons. The summed E-state index contributed by atoms with van der Waals surface area (Å²) in [5, 5.41) is 7.89. The number of thiophene rings is 1. The highest BCUT2D eigenvalue weighted by Gasteiger charge is 2.10. The van der Waals surface area contributed by atoms with Crippen LogP contribution in [-0.4, -0.2) is 20.3 Å². The third-order valence-corrected chi connectivity index (χ3v) is 3.96. The summed E-state index contributed by atoms with van der Waals surface area (Å²) >= 11 is 1.85. The summed E-state index contributed by atoms with van der Waals surface area (Å²) in [6.07, 6.45) is 2.91. The molecule has 0 amide bonds. The molecule has 4 nitrogen and oxygen atoms in total. The lowest BCUT2D eigenvalue weighted by Gasteiger charge is -2.19. The van der Waals surface area contributed by atoms with E-state index < -0.39 is 0 Å². The molecule has 0 spiro atoms. The lowest BCUT2D eigenvalue weighted by Crippen LogP contribution is -2.35. The molecule has 0 saturated carbocycles. The number of hydrogen-bond acceptors (Lipinski definition) is 4. The average molecular weight is 278 g/mol. The predicted molar refractivity (Wildman–Crippen MR) is 79.4 cm³/mol. The highest BCUT2D eigenvalue weighted by atomic mass is 32.1. The maximum absolute atomic E-state index is 4.49. The van der Waals surface area contributed by atoms with Gasteiger partial charge < -0.3 is 5.32 Å². The molecule has 0 radical (unpaired) electrons. The Balaban J connectivity index is 1.93. The molecular weight excluding hydrogens is 256 g/mol. The molecule has 0 atom stereocenters. The maximum atomic E-state index is 4.49. The lowest BCUT2D eigenvalue weighted by atomic mass is 10.1. The second-order valence-corrected chi connectivity index (χ2v) is 6.94. The van der Waals surface area contributed by atoms with Gasteiger partial charge in [-0.15, -0.1) is 11.3 Å². The zero-order valence-electron chi connectivity index (χ0n) is 12.1. The molecule has 19 heavy (non-hydrogen) atoms. The van der Waals surface area contributed by atoms with Crippen molar-refractivity contribution < 1.29 is 0 Å². The van der Waals surface area contributed by atoms with Crippen LogP contribution in [-0.2, 0) is 19.5 Å². The number of aryl methyl sites for hydroxylation is 1. The Morgan fingerprint density at radius 2 is 2.00 bits per heavy atom. The Labute approximate surface area is 118 Å². The Hall–Kier alpha value is -1.20. The zero-order chi connectivity index (χ0) is 13.9. The van der Waals surface area contributed by atoms with Crippen LogP contribution in [0.15, 0.2) is 18.5 Å². The van der Waals surface area contributed by atoms with E-state index in [1.165, 1.54) is 9.75 Å². The molecule has 0 unspecified atom stereocenters. The molecule has 2 rings (SSSR count). The molecule has 1 N–H and O–H groups in total. The van der Waals surface area contributed by atoms with E-state index in [0.717, 1.165) is 18.8 Å². The summed E-state index contributed by atoms with van der Waals surface area (Å²) in [5.74, 6) is 0.849. The van der Waals surface area contributed by atoms with Crippen LogP contribution >= 0.6 is 11.3 Å². The minimum Gasteiger partial charge on any atom is -0.305 e. The Kier molecular flexibility index (Phi) is 4.37. The first-order chi connectivity index (χ1) is 8.96. The number of nitrogens with zero attached hydrogens (tertiary/aromatic N) is 3. The first kappa shape index (κ1) is 14.2. The molecule has 5 heteroatoms. The van der Waals surface area contributed by atoms with Crippen molar-refractivity contribution in [2.75, 3.05) is 0 Å². The fraction of sp³-hybridized carbons (Fsp3) is 0.571. The van der Waals surface area contributed by atoms with Crippen LogP contribution in [0.1, 0.15) is 43.3 Å². The summed E-state index contributed by atoms with van der Waals surface area (Å²) in [5.41, 5.74) is 0.0925. The lowest BCUT2D eigenvalue weighted by molar-refractivity contribution is 0.417. The highest BCUT2D eigenvalue weighted by Crippen LogP contribution is 2.17. The molecule has 0 fully saturated rings. The van der Waals surface area contributed by atoms with Crippen molar-refractivity contribution in [1.82, 2.24) is 20.1 Å². The van der Waals surface area contributed by atoms with Crippen LogP contribution < -0.4 is 5.32 Å². The van der Waals surface area contributed by atoms with Gasteiger partial charge in [-0.3, -0.25) is 0 Å². The van der Waals surface area contributed by atoms with Crippen LogP contribution in [0.2, 0.25) is 0 Å². The fourth-order valence-electron chi connectivity index (χ4n) is 1.69. The standard InChI is InChI=1S/C14H22N4S/c1-5-11-6-7-12(19-11)9-18-10-15-13(17-18)8-16-14(2,3)4/h6-7,10,16H,5,8-9H2,1-4H3. The minimum absolute atomic E-state index is 0.0925. The Morgan fingerprint density at radius 3 is 2.63 bits per heavy atom. The molecule has 0 aromatic carbocycles. The smallest absolute Gasteiger partial charge is 0.164 e. The quantitative estimate of drug-likeness (QED) is 0.914. The molecule has 2 aromatic rings. The van der Waals surface area contributed by atoms with Crippen LogP contribution in [0, 0.1) is 0 Å². The van der Waals surface area contributed by atoms with E-state index in [2.05, 4.69) is 55.2 Å². The summed E-state index contributed by atoms with van der Waals surface area (Å²) < 4.78 is 1.91. The molecule has 0 bridgehead atoms. The minimum atomic E-state index is 0.0925. The van der Waals surface area contributed by atoms with Crippen molar-refractivity contribution in [3.8, 4) is 0 Å². The van der Waals surface area contributed by atoms with Gasteiger partial charge in [-0.25, -0.2) is 9.67 Å². The van der Waals surface area contributed by atoms with Crippen LogP contribution in [0.25, 0.3) is 0 Å². The maximum Gasteiger partial charge on any atom is 0.164 e. The van der Waals surface area contributed by atoms with E-state index in [1.54, 1.807) is 0 Å². The Morgan fingerprint density at radius 1 is 1.26 bits per heavy atom. The number of rotatable bonds is 5. The largest absolute Gasteiger partial charge is 0.305 e. The van der Waals surface area contributed by atoms with E-state index >= 15 is 0 Å². The average Bonchev–Trinajstić information content (AvgIpc) is 2.95. The molecule has 2 heterocycles. The van der Waals surface area contributed by atoms with Gasteiger partial charge in [0.05, 0.1) is 13.1 Å². The van der Waals surface area contributed by atoms with Gasteiger partial charge in [0.1, 0.15) is 6.33 Å². The SMILES string of the molecule is CCc1ccc(Cn2cnc(CNC(C)(C)C)n2)s1. The zero-order valence-corrected chi connectivity index (χ0v) is 12.9. The van der Waals surface area contributed by atoms with Gasteiger partial charge in [0.25, 0.3) is 0 Å². The van der Waals surface area contributed by atoms with Crippen molar-refractivity contribution in [2.24, 2.45) is 0 Å². The van der Waals surface area contributed by atoms with Gasteiger partial charge in [0.15, 0.2) is 5.82 Å². The molecular formula is C14H22N4S. The number of hydrogen-bond donors (Lipinski definition) is 1. The summed E-state index contributed by atoms with van der Waals surface area (Å²) in [4.78, 5) is 7.09. The van der Waals surface area contributed by atoms with Gasteiger partial charge in [-0.1, -0.05) is 6.92 Å². The summed E-state index contributed by atoms with van der Waals surface area (Å²) in [6, 6.07) is 4.37. The monoisotopic (exact) mass is 278 g/mol. The topological polar surface area (TPSA) is 42.7 Å². The second-order valence-electron chi connectivity index (χ2n) is 5.68. The second kappa shape index (κ2) is 5.84. The van der Waals surface area contributed by atoms with Crippen LogP contribution in [0.4, 0.5) is 0 Å². The van der Waals surface area contributed by atoms with Gasteiger partial charge in [0.2, 0.25) is 0 Å². The molecule has 0 saturated heterocycles. The van der Waals surface area contributed by atoms with Crippen molar-refractivity contribution in [3.63, 3.8) is 0 Å². The highest BCUT2D eigenvalue weighted by molar-refractivity contribution is 7.11. The van der Waals surface area contributed by atoms with E-state index in [-0.39, 0.29) is 5.54 Å². The van der Waals surface area contributed by atoms with Gasteiger partial charge in [-0.05, 0) is 39.3 Å². The van der Waals surface area contributed by atoms with E-state index in [1.807, 2.05) is 22.3 Å². The fourth-order valence-corrected chi connectivity index (χ4v) is 2.64. The molecule has 0 aliphatic rings. The van der Waals surface area contributed by atoms with Crippen LogP contribution in [0.5, 0.6) is 0 Å². The molecule has 2 aromatic heterocycles. The summed E-state index contributed by atoms with van der Waals surface area (Å²) in [7, 11) is 0. The van der Waals surface area contributed by atoms with Gasteiger partial charge >= 0.3 is 0 Å². The van der Waals surface area contributed by atoms with E-state index in [9.17, 15) is 0 Å². The van der Waals surface area contributed by atoms with Crippen molar-refractivity contribution in [2.45, 2.75) is 52.7 Å². The van der Waals surface area contributed by atoms with Gasteiger partial charge in [0, 0.05) is 15.3 Å². The van der Waals surface area contributed by atoms with Crippen LogP contribution in [0.3, 0.4) is 0 Å². The van der Waals surface area contributed by atoms with Crippen molar-refractivity contribution in [1.29, 1.82) is 0 Å². The molecule has 0 aliphatic heterocycles. The molecule has 0 aliphatic carbocycles. The first-order valence-corrected chi connectivity index (χ1v) is 7.49. The van der Waals surface area contributed by atoms with Crippen molar-refractivity contribution >= 4 is 11.3 Å². The third-order valence-electron chi connectivity index (χ3n) is 2.74. The van der Waals surface area contributed by atoms with E-state index in [0.29, 0.717) is 6.54 Å². The Bertz CT molecular complexity index is 522. The van der Waals surface area contributed by atoms with Crippen molar-refractivity contribution in [3.05, 3.63) is 34.0 Å². The normalized spacial score (nSPS) is 12.0. The third kappa shape index (κ3) is 4.44. The van der Waals surface area contributed by atoms with Gasteiger partial charge in [-0.2, -0.15) is 5.10 Å². The van der Waals surface area contributed by atoms with E-state index in [4.69, 9.17) is 0 Å². The first-order valence-electron chi connectivity index (χ1n) is 6.67. The summed E-state index contributed by atoms with van der Waals surface area (Å²) in [6.45, 7) is 10.1.